The minimum Gasteiger partial charge on any atom is -0.465 e. The number of rotatable bonds is 7. The number of methoxy groups -OCH3 is 1. The average Bonchev–Trinajstić information content (AvgIpc) is 3.32. The first kappa shape index (κ1) is 23.1. The van der Waals surface area contributed by atoms with Crippen LogP contribution in [0.15, 0.2) is 6.20 Å². The van der Waals surface area contributed by atoms with Gasteiger partial charge in [-0.15, -0.1) is 0 Å². The fraction of sp³-hybridized carbons (Fsp3) is 0.778. The summed E-state index contributed by atoms with van der Waals surface area (Å²) in [7, 11) is 1.25. The number of aromatic nitrogens is 1. The number of hydrogen-bond donors (Lipinski definition) is 1. The van der Waals surface area contributed by atoms with E-state index in [1.807, 2.05) is 0 Å². The topological polar surface area (TPSA) is 63.7 Å². The van der Waals surface area contributed by atoms with E-state index >= 15 is 0 Å². The van der Waals surface area contributed by atoms with Gasteiger partial charge in [-0.05, 0) is 32.1 Å². The minimum absolute atomic E-state index is 0.0489. The van der Waals surface area contributed by atoms with Gasteiger partial charge in [0.25, 0.3) is 0 Å². The van der Waals surface area contributed by atoms with Crippen LogP contribution in [0.1, 0.15) is 41.8 Å². The molecule has 1 aliphatic carbocycles. The highest BCUT2D eigenvalue weighted by molar-refractivity contribution is 7.17. The lowest BCUT2D eigenvalue weighted by Gasteiger charge is -2.32. The molecule has 2 heterocycles. The average molecular weight is 457 g/mol. The van der Waals surface area contributed by atoms with Crippen molar-refractivity contribution in [3.05, 3.63) is 11.1 Å². The van der Waals surface area contributed by atoms with Crippen LogP contribution >= 0.6 is 11.3 Å². The molecule has 2 unspecified atom stereocenters. The first-order valence-electron chi connectivity index (χ1n) is 9.70. The minimum atomic E-state index is -4.16. The number of esters is 1. The third-order valence-electron chi connectivity index (χ3n) is 5.62. The molecule has 2 fully saturated rings. The second-order valence-electron chi connectivity index (χ2n) is 7.59. The third kappa shape index (κ3) is 5.79. The van der Waals surface area contributed by atoms with Gasteiger partial charge >= 0.3 is 18.8 Å². The SMILES string of the molecule is COC(=O)c1cnc(N2CC(NC3CCC(C(F)(F)F)CC3)CC2COC(F)F)s1. The molecular weight excluding hydrogens is 433 g/mol. The van der Waals surface area contributed by atoms with Crippen LogP contribution < -0.4 is 10.2 Å². The Labute approximate surface area is 174 Å². The van der Waals surface area contributed by atoms with Crippen molar-refractivity contribution in [2.75, 3.05) is 25.2 Å². The van der Waals surface area contributed by atoms with Gasteiger partial charge in [-0.2, -0.15) is 22.0 Å². The summed E-state index contributed by atoms with van der Waals surface area (Å²) in [5.74, 6) is -1.79. The van der Waals surface area contributed by atoms with Crippen molar-refractivity contribution in [1.82, 2.24) is 10.3 Å². The van der Waals surface area contributed by atoms with Crippen LogP contribution in [-0.4, -0.2) is 62.1 Å². The Hall–Kier alpha value is -1.53. The number of nitrogens with one attached hydrogen (secondary N) is 1. The maximum absolute atomic E-state index is 12.9. The smallest absolute Gasteiger partial charge is 0.391 e. The molecule has 6 nitrogen and oxygen atoms in total. The third-order valence-corrected chi connectivity index (χ3v) is 6.63. The Morgan fingerprint density at radius 2 is 2.00 bits per heavy atom. The van der Waals surface area contributed by atoms with E-state index < -0.39 is 24.7 Å². The van der Waals surface area contributed by atoms with Gasteiger partial charge in [-0.1, -0.05) is 11.3 Å². The number of halogens is 5. The lowest BCUT2D eigenvalue weighted by Crippen LogP contribution is -2.43. The van der Waals surface area contributed by atoms with Crippen LogP contribution in [0.2, 0.25) is 0 Å². The monoisotopic (exact) mass is 457 g/mol. The van der Waals surface area contributed by atoms with Crippen LogP contribution in [0.4, 0.5) is 27.1 Å². The standard InChI is InChI=1S/C18H24F5N3O3S/c1-28-15(27)14-7-24-17(30-14)26-8-12(6-13(26)9-29-16(19)20)25-11-4-2-10(3-5-11)18(21,22)23/h7,10-13,16,25H,2-6,8-9H2,1H3. The van der Waals surface area contributed by atoms with Crippen molar-refractivity contribution in [3.8, 4) is 0 Å². The van der Waals surface area contributed by atoms with Crippen LogP contribution in [0, 0.1) is 5.92 Å². The second kappa shape index (κ2) is 9.73. The molecule has 0 amide bonds. The Balaban J connectivity index is 1.62. The summed E-state index contributed by atoms with van der Waals surface area (Å²) >= 11 is 1.10. The molecular formula is C18H24F5N3O3S. The number of ether oxygens (including phenoxy) is 2. The van der Waals surface area contributed by atoms with Crippen LogP contribution in [0.3, 0.4) is 0 Å². The summed E-state index contributed by atoms with van der Waals surface area (Å²) in [6.07, 6.45) is -1.29. The summed E-state index contributed by atoms with van der Waals surface area (Å²) in [5.41, 5.74) is 0. The number of carbonyl (C=O) groups is 1. The largest absolute Gasteiger partial charge is 0.465 e. The zero-order valence-corrected chi connectivity index (χ0v) is 17.1. The Morgan fingerprint density at radius 1 is 1.30 bits per heavy atom. The van der Waals surface area contributed by atoms with Gasteiger partial charge in [0.05, 0.1) is 31.9 Å². The molecule has 1 aliphatic heterocycles. The van der Waals surface area contributed by atoms with Gasteiger partial charge in [0.2, 0.25) is 0 Å². The number of carbonyl (C=O) groups excluding carboxylic acids is 1. The maximum atomic E-state index is 12.9. The van der Waals surface area contributed by atoms with Gasteiger partial charge in [0, 0.05) is 18.6 Å². The van der Waals surface area contributed by atoms with Crippen molar-refractivity contribution in [2.45, 2.75) is 63.0 Å². The van der Waals surface area contributed by atoms with E-state index in [2.05, 4.69) is 19.8 Å². The van der Waals surface area contributed by atoms with Gasteiger partial charge in [-0.3, -0.25) is 0 Å². The number of alkyl halides is 5. The molecule has 2 atom stereocenters. The van der Waals surface area contributed by atoms with Gasteiger partial charge in [0.15, 0.2) is 5.13 Å². The van der Waals surface area contributed by atoms with Crippen LogP contribution in [-0.2, 0) is 9.47 Å². The van der Waals surface area contributed by atoms with E-state index in [1.54, 1.807) is 4.90 Å². The van der Waals surface area contributed by atoms with Crippen molar-refractivity contribution in [1.29, 1.82) is 0 Å². The number of thiazole rings is 1. The first-order valence-corrected chi connectivity index (χ1v) is 10.5. The summed E-state index contributed by atoms with van der Waals surface area (Å²) in [5, 5.41) is 3.87. The molecule has 0 aromatic carbocycles. The highest BCUT2D eigenvalue weighted by Gasteiger charge is 2.42. The van der Waals surface area contributed by atoms with Gasteiger partial charge < -0.3 is 19.7 Å². The lowest BCUT2D eigenvalue weighted by molar-refractivity contribution is -0.182. The summed E-state index contributed by atoms with van der Waals surface area (Å²) in [4.78, 5) is 18.0. The molecule has 0 radical (unpaired) electrons. The number of hydrogen-bond acceptors (Lipinski definition) is 7. The lowest BCUT2D eigenvalue weighted by atomic mass is 9.85. The predicted molar refractivity (Wildman–Crippen MR) is 99.9 cm³/mol. The quantitative estimate of drug-likeness (QED) is 0.496. The van der Waals surface area contributed by atoms with E-state index in [1.165, 1.54) is 13.3 Å². The van der Waals surface area contributed by atoms with Crippen LogP contribution in [0.25, 0.3) is 0 Å². The normalized spacial score (nSPS) is 27.6. The predicted octanol–water partition coefficient (Wildman–Crippen LogP) is 3.83. The van der Waals surface area contributed by atoms with E-state index in [-0.39, 0.29) is 37.6 Å². The van der Waals surface area contributed by atoms with Crippen LogP contribution in [0.5, 0.6) is 0 Å². The second-order valence-corrected chi connectivity index (χ2v) is 8.60. The van der Waals surface area contributed by atoms with E-state index in [9.17, 15) is 26.7 Å². The van der Waals surface area contributed by atoms with Crippen molar-refractivity contribution >= 4 is 22.4 Å². The molecule has 0 spiro atoms. The van der Waals surface area contributed by atoms with Gasteiger partial charge in [0.1, 0.15) is 4.88 Å². The van der Waals surface area contributed by atoms with Crippen molar-refractivity contribution in [2.24, 2.45) is 5.92 Å². The Bertz CT molecular complexity index is 709. The molecule has 12 heteroatoms. The molecule has 1 saturated carbocycles. The molecule has 2 aliphatic rings. The number of nitrogens with zero attached hydrogens (tertiary/aromatic N) is 2. The molecule has 30 heavy (non-hydrogen) atoms. The molecule has 0 bridgehead atoms. The highest BCUT2D eigenvalue weighted by atomic mass is 32.1. The fourth-order valence-corrected chi connectivity index (χ4v) is 5.04. The van der Waals surface area contributed by atoms with Crippen molar-refractivity contribution < 1.29 is 36.2 Å². The summed E-state index contributed by atoms with van der Waals surface area (Å²) < 4.78 is 72.8. The Kier molecular flexibility index (Phi) is 7.51. The fourth-order valence-electron chi connectivity index (χ4n) is 4.13. The molecule has 1 aromatic heterocycles. The molecule has 1 saturated heterocycles. The number of anilines is 1. The molecule has 1 N–H and O–H groups in total. The summed E-state index contributed by atoms with van der Waals surface area (Å²) in [6.45, 7) is -2.69. The van der Waals surface area contributed by atoms with Gasteiger partial charge in [-0.25, -0.2) is 9.78 Å². The zero-order chi connectivity index (χ0) is 21.9. The molecule has 3 rings (SSSR count). The maximum Gasteiger partial charge on any atom is 0.391 e. The van der Waals surface area contributed by atoms with E-state index in [0.717, 1.165) is 11.3 Å². The zero-order valence-electron chi connectivity index (χ0n) is 16.3. The van der Waals surface area contributed by atoms with E-state index in [4.69, 9.17) is 0 Å². The van der Waals surface area contributed by atoms with E-state index in [0.29, 0.717) is 35.8 Å². The summed E-state index contributed by atoms with van der Waals surface area (Å²) in [6, 6.07) is -0.541. The molecule has 170 valence electrons. The van der Waals surface area contributed by atoms with Crippen molar-refractivity contribution in [3.63, 3.8) is 0 Å². The molecule has 1 aromatic rings. The highest BCUT2D eigenvalue weighted by Crippen LogP contribution is 2.38. The Morgan fingerprint density at radius 3 is 2.60 bits per heavy atom. The first-order chi connectivity index (χ1) is 14.2.